The molecule has 1 aromatic rings. The molecular weight excluding hydrogens is 200 g/mol. The summed E-state index contributed by atoms with van der Waals surface area (Å²) in [5.74, 6) is 0.505. The number of anilines is 2. The van der Waals surface area contributed by atoms with Crippen molar-refractivity contribution in [3.8, 4) is 0 Å². The molecule has 0 heterocycles. The third-order valence-electron chi connectivity index (χ3n) is 3.02. The maximum atomic E-state index is 8.91. The minimum Gasteiger partial charge on any atom is -0.397 e. The molecule has 0 aliphatic rings. The zero-order valence-electron chi connectivity index (χ0n) is 10.2. The van der Waals surface area contributed by atoms with Gasteiger partial charge in [-0.25, -0.2) is 0 Å². The van der Waals surface area contributed by atoms with Crippen LogP contribution in [0.25, 0.3) is 0 Å². The van der Waals surface area contributed by atoms with Crippen molar-refractivity contribution in [3.05, 3.63) is 23.8 Å². The molecule has 1 rings (SSSR count). The van der Waals surface area contributed by atoms with Crippen LogP contribution < -0.4 is 11.1 Å². The Balaban J connectivity index is 2.56. The lowest BCUT2D eigenvalue weighted by Crippen LogP contribution is -2.15. The van der Waals surface area contributed by atoms with E-state index in [1.165, 1.54) is 0 Å². The Morgan fingerprint density at radius 3 is 2.81 bits per heavy atom. The maximum Gasteiger partial charge on any atom is 0.0579 e. The summed E-state index contributed by atoms with van der Waals surface area (Å²) in [4.78, 5) is 0. The smallest absolute Gasteiger partial charge is 0.0579 e. The molecule has 1 unspecified atom stereocenters. The van der Waals surface area contributed by atoms with Crippen LogP contribution in [0.3, 0.4) is 0 Å². The molecule has 0 bridgehead atoms. The number of hydrogen-bond acceptors (Lipinski definition) is 3. The summed E-state index contributed by atoms with van der Waals surface area (Å²) >= 11 is 0. The molecule has 0 aliphatic heterocycles. The van der Waals surface area contributed by atoms with Crippen LogP contribution in [0.2, 0.25) is 0 Å². The first-order valence-electron chi connectivity index (χ1n) is 5.88. The van der Waals surface area contributed by atoms with Crippen LogP contribution in [-0.2, 0) is 0 Å². The van der Waals surface area contributed by atoms with Crippen molar-refractivity contribution in [2.24, 2.45) is 5.92 Å². The summed E-state index contributed by atoms with van der Waals surface area (Å²) < 4.78 is 0. The molecule has 4 N–H and O–H groups in total. The summed E-state index contributed by atoms with van der Waals surface area (Å²) in [7, 11) is 0. The molecule has 1 atom stereocenters. The number of nitrogens with two attached hydrogens (primary N) is 1. The molecule has 0 amide bonds. The second kappa shape index (κ2) is 6.38. The first kappa shape index (κ1) is 12.8. The Bertz CT molecular complexity index is 326. The van der Waals surface area contributed by atoms with E-state index < -0.39 is 0 Å². The van der Waals surface area contributed by atoms with Gasteiger partial charge in [0.25, 0.3) is 0 Å². The van der Waals surface area contributed by atoms with Gasteiger partial charge in [-0.15, -0.1) is 0 Å². The summed E-state index contributed by atoms with van der Waals surface area (Å²) in [6, 6.07) is 6.00. The predicted molar refractivity (Wildman–Crippen MR) is 69.6 cm³/mol. The Kier molecular flexibility index (Phi) is 5.12. The quantitative estimate of drug-likeness (QED) is 0.648. The van der Waals surface area contributed by atoms with Crippen LogP contribution in [0.15, 0.2) is 18.2 Å². The van der Waals surface area contributed by atoms with Gasteiger partial charge in [0, 0.05) is 13.2 Å². The largest absolute Gasteiger partial charge is 0.397 e. The van der Waals surface area contributed by atoms with Gasteiger partial charge in [0.1, 0.15) is 0 Å². The Hall–Kier alpha value is -1.22. The van der Waals surface area contributed by atoms with Gasteiger partial charge >= 0.3 is 0 Å². The van der Waals surface area contributed by atoms with Crippen LogP contribution >= 0.6 is 0 Å². The standard InChI is InChI=1S/C13H22N2O/c1-3-11(7-8-16)9-15-12-6-4-5-10(2)13(12)14/h4-6,11,15-16H,3,7-9,14H2,1-2H3. The predicted octanol–water partition coefficient (Wildman–Crippen LogP) is 2.40. The van der Waals surface area contributed by atoms with Crippen molar-refractivity contribution < 1.29 is 5.11 Å². The van der Waals surface area contributed by atoms with Crippen molar-refractivity contribution in [1.82, 2.24) is 0 Å². The van der Waals surface area contributed by atoms with Crippen molar-refractivity contribution >= 4 is 11.4 Å². The first-order valence-corrected chi connectivity index (χ1v) is 5.88. The van der Waals surface area contributed by atoms with E-state index in [2.05, 4.69) is 12.2 Å². The number of rotatable bonds is 6. The number of benzene rings is 1. The second-order valence-electron chi connectivity index (χ2n) is 4.20. The highest BCUT2D eigenvalue weighted by Gasteiger charge is 2.07. The molecule has 1 aromatic carbocycles. The molecule has 3 heteroatoms. The Morgan fingerprint density at radius 2 is 2.19 bits per heavy atom. The molecule has 0 fully saturated rings. The third-order valence-corrected chi connectivity index (χ3v) is 3.02. The van der Waals surface area contributed by atoms with Crippen LogP contribution in [0, 0.1) is 12.8 Å². The fourth-order valence-electron chi connectivity index (χ4n) is 1.72. The van der Waals surface area contributed by atoms with Crippen LogP contribution in [0.5, 0.6) is 0 Å². The molecule has 3 nitrogen and oxygen atoms in total. The summed E-state index contributed by atoms with van der Waals surface area (Å²) in [6.07, 6.45) is 1.91. The highest BCUT2D eigenvalue weighted by molar-refractivity contribution is 5.69. The fourth-order valence-corrected chi connectivity index (χ4v) is 1.72. The molecule has 16 heavy (non-hydrogen) atoms. The lowest BCUT2D eigenvalue weighted by molar-refractivity contribution is 0.258. The van der Waals surface area contributed by atoms with Gasteiger partial charge in [-0.2, -0.15) is 0 Å². The highest BCUT2D eigenvalue weighted by atomic mass is 16.3. The summed E-state index contributed by atoms with van der Waals surface area (Å²) in [5.41, 5.74) is 8.89. The number of nitrogen functional groups attached to an aromatic ring is 1. The molecule has 0 radical (unpaired) electrons. The average Bonchev–Trinajstić information content (AvgIpc) is 2.29. The van der Waals surface area contributed by atoms with Crippen molar-refractivity contribution in [3.63, 3.8) is 0 Å². The van der Waals surface area contributed by atoms with Gasteiger partial charge < -0.3 is 16.2 Å². The number of nitrogens with one attached hydrogen (secondary N) is 1. The maximum absolute atomic E-state index is 8.91. The zero-order valence-corrected chi connectivity index (χ0v) is 10.2. The topological polar surface area (TPSA) is 58.3 Å². The number of aryl methyl sites for hydroxylation is 1. The van der Waals surface area contributed by atoms with E-state index in [9.17, 15) is 0 Å². The van der Waals surface area contributed by atoms with Crippen LogP contribution in [-0.4, -0.2) is 18.3 Å². The van der Waals surface area contributed by atoms with E-state index in [4.69, 9.17) is 10.8 Å². The Labute approximate surface area is 97.7 Å². The Morgan fingerprint density at radius 1 is 1.44 bits per heavy atom. The van der Waals surface area contributed by atoms with Gasteiger partial charge in [-0.05, 0) is 30.9 Å². The molecular formula is C13H22N2O. The van der Waals surface area contributed by atoms with E-state index in [1.807, 2.05) is 25.1 Å². The lowest BCUT2D eigenvalue weighted by Gasteiger charge is -2.17. The molecule has 0 aliphatic carbocycles. The molecule has 0 saturated heterocycles. The van der Waals surface area contributed by atoms with Gasteiger partial charge in [0.15, 0.2) is 0 Å². The fraction of sp³-hybridized carbons (Fsp3) is 0.538. The van der Waals surface area contributed by atoms with Gasteiger partial charge in [-0.1, -0.05) is 25.5 Å². The number of aliphatic hydroxyl groups excluding tert-OH is 1. The molecule has 0 spiro atoms. The van der Waals surface area contributed by atoms with E-state index in [-0.39, 0.29) is 6.61 Å². The summed E-state index contributed by atoms with van der Waals surface area (Å²) in [5, 5.41) is 12.3. The SMILES string of the molecule is CCC(CCO)CNc1cccc(C)c1N. The normalized spacial score (nSPS) is 12.4. The second-order valence-corrected chi connectivity index (χ2v) is 4.20. The zero-order chi connectivity index (χ0) is 12.0. The van der Waals surface area contributed by atoms with Crippen LogP contribution in [0.4, 0.5) is 11.4 Å². The van der Waals surface area contributed by atoms with Crippen molar-refractivity contribution in [2.45, 2.75) is 26.7 Å². The van der Waals surface area contributed by atoms with Crippen molar-refractivity contribution in [2.75, 3.05) is 24.2 Å². The molecule has 0 aromatic heterocycles. The van der Waals surface area contributed by atoms with E-state index in [0.29, 0.717) is 5.92 Å². The van der Waals surface area contributed by atoms with Gasteiger partial charge in [-0.3, -0.25) is 0 Å². The lowest BCUT2D eigenvalue weighted by atomic mass is 10.0. The van der Waals surface area contributed by atoms with Gasteiger partial charge in [0.2, 0.25) is 0 Å². The monoisotopic (exact) mass is 222 g/mol. The van der Waals surface area contributed by atoms with Crippen molar-refractivity contribution in [1.29, 1.82) is 0 Å². The number of para-hydroxylation sites is 1. The minimum atomic E-state index is 0.253. The number of hydrogen-bond donors (Lipinski definition) is 3. The van der Waals surface area contributed by atoms with Crippen LogP contribution in [0.1, 0.15) is 25.3 Å². The minimum absolute atomic E-state index is 0.253. The summed E-state index contributed by atoms with van der Waals surface area (Å²) in [6.45, 7) is 5.27. The van der Waals surface area contributed by atoms with Gasteiger partial charge in [0.05, 0.1) is 11.4 Å². The third kappa shape index (κ3) is 3.42. The van der Waals surface area contributed by atoms with E-state index in [1.54, 1.807) is 0 Å². The first-order chi connectivity index (χ1) is 7.69. The van der Waals surface area contributed by atoms with E-state index >= 15 is 0 Å². The molecule has 90 valence electrons. The highest BCUT2D eigenvalue weighted by Crippen LogP contribution is 2.22. The average molecular weight is 222 g/mol. The molecule has 0 saturated carbocycles. The number of aliphatic hydroxyl groups is 1. The van der Waals surface area contributed by atoms with E-state index in [0.717, 1.165) is 36.3 Å².